The Bertz CT molecular complexity index is 892. The van der Waals surface area contributed by atoms with Crippen LogP contribution >= 0.6 is 0 Å². The molecule has 0 spiro atoms. The molecule has 0 atom stereocenters. The Morgan fingerprint density at radius 2 is 2.04 bits per heavy atom. The normalized spacial score (nSPS) is 10.9. The van der Waals surface area contributed by atoms with Crippen LogP contribution in [0.3, 0.4) is 0 Å². The lowest BCUT2D eigenvalue weighted by atomic mass is 10.1. The smallest absolute Gasteiger partial charge is 0.340 e. The van der Waals surface area contributed by atoms with Crippen LogP contribution in [0, 0.1) is 0 Å². The summed E-state index contributed by atoms with van der Waals surface area (Å²) in [7, 11) is 0. The second-order valence-electron chi connectivity index (χ2n) is 5.48. The summed E-state index contributed by atoms with van der Waals surface area (Å²) in [5.41, 5.74) is 3.30. The Balaban J connectivity index is 2.18. The summed E-state index contributed by atoms with van der Waals surface area (Å²) >= 11 is 0. The average molecular weight is 309 g/mol. The van der Waals surface area contributed by atoms with E-state index < -0.39 is 0 Å². The van der Waals surface area contributed by atoms with Crippen LogP contribution in [-0.4, -0.2) is 23.6 Å². The molecule has 0 bridgehead atoms. The fourth-order valence-electron chi connectivity index (χ4n) is 2.63. The number of hydrogen-bond acceptors (Lipinski definition) is 3. The van der Waals surface area contributed by atoms with Gasteiger partial charge in [0.25, 0.3) is 0 Å². The van der Waals surface area contributed by atoms with E-state index in [1.165, 1.54) is 0 Å². The van der Waals surface area contributed by atoms with E-state index in [9.17, 15) is 4.79 Å². The minimum absolute atomic E-state index is 0.304. The number of ether oxygens (including phenoxy) is 2. The standard InChI is InChI=1S/C19H19NO3/c1-4-22-19(21)18-15-9-8-14(23-12-13(2)3)11-17(15)20-10-6-5-7-16(18)20/h5-11H,2,4,12H2,1,3H3. The van der Waals surface area contributed by atoms with Gasteiger partial charge in [-0.3, -0.25) is 0 Å². The third kappa shape index (κ3) is 2.80. The Morgan fingerprint density at radius 3 is 2.78 bits per heavy atom. The van der Waals surface area contributed by atoms with Crippen molar-refractivity contribution < 1.29 is 14.3 Å². The van der Waals surface area contributed by atoms with Gasteiger partial charge in [0.2, 0.25) is 0 Å². The second kappa shape index (κ2) is 6.16. The summed E-state index contributed by atoms with van der Waals surface area (Å²) in [5, 5.41) is 0.859. The van der Waals surface area contributed by atoms with Crippen LogP contribution in [-0.2, 0) is 4.74 Å². The van der Waals surface area contributed by atoms with E-state index in [0.717, 1.165) is 27.7 Å². The van der Waals surface area contributed by atoms with Crippen molar-refractivity contribution in [1.29, 1.82) is 0 Å². The molecule has 3 aromatic rings. The number of esters is 1. The van der Waals surface area contributed by atoms with Gasteiger partial charge in [-0.2, -0.15) is 0 Å². The van der Waals surface area contributed by atoms with Crippen molar-refractivity contribution >= 4 is 22.4 Å². The van der Waals surface area contributed by atoms with Gasteiger partial charge in [-0.1, -0.05) is 12.6 Å². The minimum Gasteiger partial charge on any atom is -0.489 e. The fraction of sp³-hybridized carbons (Fsp3) is 0.211. The molecule has 0 radical (unpaired) electrons. The second-order valence-corrected chi connectivity index (χ2v) is 5.48. The molecule has 118 valence electrons. The van der Waals surface area contributed by atoms with Crippen molar-refractivity contribution in [2.24, 2.45) is 0 Å². The van der Waals surface area contributed by atoms with Crippen molar-refractivity contribution in [3.05, 3.63) is 60.3 Å². The Labute approximate surface area is 134 Å². The van der Waals surface area contributed by atoms with E-state index in [0.29, 0.717) is 18.8 Å². The highest BCUT2D eigenvalue weighted by Crippen LogP contribution is 2.30. The van der Waals surface area contributed by atoms with Gasteiger partial charge in [-0.25, -0.2) is 4.79 Å². The zero-order chi connectivity index (χ0) is 16.4. The number of rotatable bonds is 5. The lowest BCUT2D eigenvalue weighted by Crippen LogP contribution is -2.04. The SMILES string of the molecule is C=C(C)COc1ccc2c(C(=O)OCC)c3ccccn3c2c1. The van der Waals surface area contributed by atoms with Gasteiger partial charge in [0.1, 0.15) is 12.4 Å². The summed E-state index contributed by atoms with van der Waals surface area (Å²) < 4.78 is 12.9. The van der Waals surface area contributed by atoms with Crippen LogP contribution in [0.25, 0.3) is 16.4 Å². The summed E-state index contributed by atoms with van der Waals surface area (Å²) in [6.07, 6.45) is 1.93. The quantitative estimate of drug-likeness (QED) is 0.523. The third-order valence-electron chi connectivity index (χ3n) is 3.58. The molecule has 2 aromatic heterocycles. The van der Waals surface area contributed by atoms with E-state index >= 15 is 0 Å². The minimum atomic E-state index is -0.304. The highest BCUT2D eigenvalue weighted by molar-refractivity contribution is 6.11. The topological polar surface area (TPSA) is 39.9 Å². The third-order valence-corrected chi connectivity index (χ3v) is 3.58. The van der Waals surface area contributed by atoms with Gasteiger partial charge in [-0.15, -0.1) is 0 Å². The summed E-state index contributed by atoms with van der Waals surface area (Å²) in [4.78, 5) is 12.4. The predicted molar refractivity (Wildman–Crippen MR) is 91.2 cm³/mol. The van der Waals surface area contributed by atoms with Gasteiger partial charge in [0.15, 0.2) is 0 Å². The molecule has 0 saturated carbocycles. The molecular weight excluding hydrogens is 290 g/mol. The molecule has 2 heterocycles. The molecule has 0 fully saturated rings. The van der Waals surface area contributed by atoms with Crippen molar-refractivity contribution in [3.8, 4) is 5.75 Å². The number of carbonyl (C=O) groups is 1. The number of carbonyl (C=O) groups excluding carboxylic acids is 1. The maximum Gasteiger partial charge on any atom is 0.340 e. The average Bonchev–Trinajstić information content (AvgIpc) is 2.87. The summed E-state index contributed by atoms with van der Waals surface area (Å²) in [5.74, 6) is 0.445. The number of fused-ring (bicyclic) bond motifs is 3. The molecule has 23 heavy (non-hydrogen) atoms. The van der Waals surface area contributed by atoms with Crippen LogP contribution in [0.5, 0.6) is 5.75 Å². The Kier molecular flexibility index (Phi) is 4.06. The molecule has 0 saturated heterocycles. The van der Waals surface area contributed by atoms with E-state index in [1.54, 1.807) is 0 Å². The largest absolute Gasteiger partial charge is 0.489 e. The van der Waals surface area contributed by atoms with Crippen molar-refractivity contribution in [1.82, 2.24) is 4.40 Å². The van der Waals surface area contributed by atoms with Crippen molar-refractivity contribution in [3.63, 3.8) is 0 Å². The van der Waals surface area contributed by atoms with E-state index in [2.05, 4.69) is 6.58 Å². The summed E-state index contributed by atoms with van der Waals surface area (Å²) in [6.45, 7) is 8.39. The van der Waals surface area contributed by atoms with Gasteiger partial charge in [0, 0.05) is 17.6 Å². The highest BCUT2D eigenvalue weighted by atomic mass is 16.5. The number of hydrogen-bond donors (Lipinski definition) is 0. The first kappa shape index (κ1) is 15.2. The van der Waals surface area contributed by atoms with Gasteiger partial charge >= 0.3 is 5.97 Å². The molecular formula is C19H19NO3. The molecule has 4 heteroatoms. The van der Waals surface area contributed by atoms with Crippen LogP contribution in [0.1, 0.15) is 24.2 Å². The van der Waals surface area contributed by atoms with Crippen molar-refractivity contribution in [2.45, 2.75) is 13.8 Å². The lowest BCUT2D eigenvalue weighted by molar-refractivity contribution is 0.0531. The number of benzene rings is 1. The maximum atomic E-state index is 12.4. The molecule has 0 N–H and O–H groups in total. The highest BCUT2D eigenvalue weighted by Gasteiger charge is 2.19. The van der Waals surface area contributed by atoms with Crippen LogP contribution in [0.4, 0.5) is 0 Å². The number of nitrogens with zero attached hydrogens (tertiary/aromatic N) is 1. The van der Waals surface area contributed by atoms with Crippen LogP contribution < -0.4 is 4.74 Å². The summed E-state index contributed by atoms with van der Waals surface area (Å²) in [6, 6.07) is 11.5. The van der Waals surface area contributed by atoms with E-state index in [-0.39, 0.29) is 5.97 Å². The number of pyridine rings is 1. The van der Waals surface area contributed by atoms with E-state index in [4.69, 9.17) is 9.47 Å². The van der Waals surface area contributed by atoms with Gasteiger partial charge < -0.3 is 13.9 Å². The molecule has 0 aliphatic carbocycles. The fourth-order valence-corrected chi connectivity index (χ4v) is 2.63. The van der Waals surface area contributed by atoms with Crippen LogP contribution in [0.15, 0.2) is 54.7 Å². The molecule has 1 aromatic carbocycles. The molecule has 0 aliphatic rings. The molecule has 0 amide bonds. The number of aromatic nitrogens is 1. The molecule has 3 rings (SSSR count). The maximum absolute atomic E-state index is 12.4. The zero-order valence-electron chi connectivity index (χ0n) is 13.3. The first-order chi connectivity index (χ1) is 11.1. The molecule has 0 aliphatic heterocycles. The predicted octanol–water partition coefficient (Wildman–Crippen LogP) is 4.22. The Hall–Kier alpha value is -2.75. The monoisotopic (exact) mass is 309 g/mol. The molecule has 0 unspecified atom stereocenters. The lowest BCUT2D eigenvalue weighted by Gasteiger charge is -2.06. The van der Waals surface area contributed by atoms with Crippen LogP contribution in [0.2, 0.25) is 0 Å². The first-order valence-electron chi connectivity index (χ1n) is 7.59. The van der Waals surface area contributed by atoms with Gasteiger partial charge in [-0.05, 0) is 43.7 Å². The molecule has 4 nitrogen and oxygen atoms in total. The van der Waals surface area contributed by atoms with Crippen molar-refractivity contribution in [2.75, 3.05) is 13.2 Å². The first-order valence-corrected chi connectivity index (χ1v) is 7.59. The van der Waals surface area contributed by atoms with E-state index in [1.807, 2.05) is 60.8 Å². The Morgan fingerprint density at radius 1 is 1.22 bits per heavy atom. The zero-order valence-corrected chi connectivity index (χ0v) is 13.3. The van der Waals surface area contributed by atoms with Gasteiger partial charge in [0.05, 0.1) is 23.2 Å².